The SMILES string of the molecule is Cc1c(C(=O)Nc2nn(C)cc2CN)cnn1C. The first-order valence-corrected chi connectivity index (χ1v) is 5.55. The van der Waals surface area contributed by atoms with Gasteiger partial charge in [0.1, 0.15) is 0 Å². The topological polar surface area (TPSA) is 90.8 Å². The third kappa shape index (κ3) is 2.12. The number of nitrogens with two attached hydrogens (primary N) is 1. The number of rotatable bonds is 3. The molecular formula is C11H16N6O. The van der Waals surface area contributed by atoms with E-state index < -0.39 is 0 Å². The molecule has 2 aromatic heterocycles. The molecule has 0 unspecified atom stereocenters. The minimum absolute atomic E-state index is 0.228. The van der Waals surface area contributed by atoms with Gasteiger partial charge in [-0.05, 0) is 6.92 Å². The van der Waals surface area contributed by atoms with Crippen molar-refractivity contribution in [2.45, 2.75) is 13.5 Å². The van der Waals surface area contributed by atoms with Gasteiger partial charge in [-0.3, -0.25) is 14.2 Å². The van der Waals surface area contributed by atoms with Crippen molar-refractivity contribution in [3.05, 3.63) is 29.2 Å². The Morgan fingerprint density at radius 1 is 1.50 bits per heavy atom. The molecule has 2 aromatic rings. The zero-order valence-electron chi connectivity index (χ0n) is 10.6. The number of nitrogens with zero attached hydrogens (tertiary/aromatic N) is 4. The zero-order valence-corrected chi connectivity index (χ0v) is 10.6. The third-order valence-electron chi connectivity index (χ3n) is 2.84. The lowest BCUT2D eigenvalue weighted by Crippen LogP contribution is -2.15. The molecule has 0 atom stereocenters. The highest BCUT2D eigenvalue weighted by atomic mass is 16.1. The fraction of sp³-hybridized carbons (Fsp3) is 0.364. The molecule has 0 aliphatic rings. The normalized spacial score (nSPS) is 10.7. The molecule has 0 bridgehead atoms. The highest BCUT2D eigenvalue weighted by molar-refractivity contribution is 6.04. The first-order chi connectivity index (χ1) is 8.52. The lowest BCUT2D eigenvalue weighted by molar-refractivity contribution is 0.102. The van der Waals surface area contributed by atoms with E-state index in [4.69, 9.17) is 5.73 Å². The van der Waals surface area contributed by atoms with E-state index in [0.29, 0.717) is 17.9 Å². The summed E-state index contributed by atoms with van der Waals surface area (Å²) in [5, 5.41) is 10.9. The maximum absolute atomic E-state index is 12.1. The Morgan fingerprint density at radius 3 is 2.78 bits per heavy atom. The van der Waals surface area contributed by atoms with Crippen LogP contribution < -0.4 is 11.1 Å². The first kappa shape index (κ1) is 12.3. The van der Waals surface area contributed by atoms with Gasteiger partial charge in [0, 0.05) is 38.1 Å². The van der Waals surface area contributed by atoms with Gasteiger partial charge in [-0.25, -0.2) is 0 Å². The zero-order chi connectivity index (χ0) is 13.3. The molecule has 0 aliphatic carbocycles. The molecule has 0 saturated heterocycles. The Kier molecular flexibility index (Phi) is 3.15. The third-order valence-corrected chi connectivity index (χ3v) is 2.84. The second-order valence-electron chi connectivity index (χ2n) is 4.10. The van der Waals surface area contributed by atoms with Crippen molar-refractivity contribution in [1.82, 2.24) is 19.6 Å². The molecule has 2 rings (SSSR count). The maximum atomic E-state index is 12.1. The predicted molar refractivity (Wildman–Crippen MR) is 67.0 cm³/mol. The van der Waals surface area contributed by atoms with E-state index in [-0.39, 0.29) is 5.91 Å². The van der Waals surface area contributed by atoms with Crippen LogP contribution in [0.15, 0.2) is 12.4 Å². The Hall–Kier alpha value is -2.15. The van der Waals surface area contributed by atoms with Crippen LogP contribution in [0.1, 0.15) is 21.6 Å². The van der Waals surface area contributed by atoms with E-state index in [9.17, 15) is 4.79 Å². The van der Waals surface area contributed by atoms with Crippen LogP contribution in [-0.4, -0.2) is 25.5 Å². The highest BCUT2D eigenvalue weighted by Crippen LogP contribution is 2.14. The molecule has 7 nitrogen and oxygen atoms in total. The van der Waals surface area contributed by atoms with Crippen LogP contribution in [0.5, 0.6) is 0 Å². The number of carbonyl (C=O) groups is 1. The number of anilines is 1. The van der Waals surface area contributed by atoms with Gasteiger partial charge in [0.05, 0.1) is 11.8 Å². The Morgan fingerprint density at radius 2 is 2.22 bits per heavy atom. The molecule has 96 valence electrons. The summed E-state index contributed by atoms with van der Waals surface area (Å²) in [4.78, 5) is 12.1. The van der Waals surface area contributed by atoms with Gasteiger partial charge >= 0.3 is 0 Å². The van der Waals surface area contributed by atoms with Crippen LogP contribution in [0.25, 0.3) is 0 Å². The summed E-state index contributed by atoms with van der Waals surface area (Å²) >= 11 is 0. The van der Waals surface area contributed by atoms with E-state index in [1.165, 1.54) is 6.20 Å². The highest BCUT2D eigenvalue weighted by Gasteiger charge is 2.15. The molecule has 18 heavy (non-hydrogen) atoms. The molecule has 2 heterocycles. The van der Waals surface area contributed by atoms with Crippen molar-refractivity contribution in [2.75, 3.05) is 5.32 Å². The van der Waals surface area contributed by atoms with E-state index in [1.807, 2.05) is 6.92 Å². The number of amides is 1. The lowest BCUT2D eigenvalue weighted by atomic mass is 10.2. The fourth-order valence-corrected chi connectivity index (χ4v) is 1.69. The molecule has 0 radical (unpaired) electrons. The van der Waals surface area contributed by atoms with Crippen molar-refractivity contribution in [3.63, 3.8) is 0 Å². The summed E-state index contributed by atoms with van der Waals surface area (Å²) in [6.45, 7) is 2.17. The van der Waals surface area contributed by atoms with E-state index >= 15 is 0 Å². The fourth-order valence-electron chi connectivity index (χ4n) is 1.69. The van der Waals surface area contributed by atoms with Crippen molar-refractivity contribution >= 4 is 11.7 Å². The molecule has 7 heteroatoms. The van der Waals surface area contributed by atoms with Crippen molar-refractivity contribution in [3.8, 4) is 0 Å². The van der Waals surface area contributed by atoms with E-state index in [2.05, 4.69) is 15.5 Å². The second-order valence-corrected chi connectivity index (χ2v) is 4.10. The van der Waals surface area contributed by atoms with Crippen molar-refractivity contribution in [2.24, 2.45) is 19.8 Å². The largest absolute Gasteiger partial charge is 0.326 e. The summed E-state index contributed by atoms with van der Waals surface area (Å²) in [6, 6.07) is 0. The smallest absolute Gasteiger partial charge is 0.260 e. The summed E-state index contributed by atoms with van der Waals surface area (Å²) < 4.78 is 3.27. The monoisotopic (exact) mass is 248 g/mol. The molecule has 3 N–H and O–H groups in total. The number of aromatic nitrogens is 4. The molecule has 0 saturated carbocycles. The van der Waals surface area contributed by atoms with Gasteiger partial charge in [-0.15, -0.1) is 0 Å². The van der Waals surface area contributed by atoms with Gasteiger partial charge in [0.15, 0.2) is 5.82 Å². The van der Waals surface area contributed by atoms with Crippen LogP contribution >= 0.6 is 0 Å². The Labute approximate surface area is 105 Å². The number of aryl methyl sites for hydroxylation is 2. The summed E-state index contributed by atoms with van der Waals surface area (Å²) in [7, 11) is 3.57. The molecular weight excluding hydrogens is 232 g/mol. The van der Waals surface area contributed by atoms with E-state index in [0.717, 1.165) is 11.3 Å². The number of nitrogens with one attached hydrogen (secondary N) is 1. The van der Waals surface area contributed by atoms with Crippen LogP contribution in [0, 0.1) is 6.92 Å². The number of hydrogen-bond donors (Lipinski definition) is 2. The Bertz CT molecular complexity index is 582. The minimum atomic E-state index is -0.228. The van der Waals surface area contributed by atoms with Gasteiger partial charge in [0.2, 0.25) is 0 Å². The molecule has 0 aromatic carbocycles. The van der Waals surface area contributed by atoms with Crippen LogP contribution in [0.3, 0.4) is 0 Å². The number of carbonyl (C=O) groups excluding carboxylic acids is 1. The summed E-state index contributed by atoms with van der Waals surface area (Å²) in [5.74, 6) is 0.266. The minimum Gasteiger partial charge on any atom is -0.326 e. The van der Waals surface area contributed by atoms with Crippen LogP contribution in [-0.2, 0) is 20.6 Å². The maximum Gasteiger partial charge on any atom is 0.260 e. The first-order valence-electron chi connectivity index (χ1n) is 5.55. The van der Waals surface area contributed by atoms with Crippen molar-refractivity contribution in [1.29, 1.82) is 0 Å². The standard InChI is InChI=1S/C11H16N6O/c1-7-9(5-13-17(7)3)11(18)14-10-8(4-12)6-16(2)15-10/h5-6H,4,12H2,1-3H3,(H,14,15,18). The van der Waals surface area contributed by atoms with Crippen molar-refractivity contribution < 1.29 is 4.79 Å². The summed E-state index contributed by atoms with van der Waals surface area (Å²) in [5.41, 5.74) is 7.73. The predicted octanol–water partition coefficient (Wildman–Crippen LogP) is 0.173. The van der Waals surface area contributed by atoms with Gasteiger partial charge in [-0.2, -0.15) is 10.2 Å². The lowest BCUT2D eigenvalue weighted by Gasteiger charge is -2.03. The molecule has 0 spiro atoms. The quantitative estimate of drug-likeness (QED) is 0.810. The average Bonchev–Trinajstić information content (AvgIpc) is 2.84. The summed E-state index contributed by atoms with van der Waals surface area (Å²) in [6.07, 6.45) is 3.32. The average molecular weight is 248 g/mol. The molecule has 0 fully saturated rings. The van der Waals surface area contributed by atoms with Gasteiger partial charge < -0.3 is 11.1 Å². The van der Waals surface area contributed by atoms with Gasteiger partial charge in [-0.1, -0.05) is 0 Å². The van der Waals surface area contributed by atoms with Gasteiger partial charge in [0.25, 0.3) is 5.91 Å². The Balaban J connectivity index is 2.23. The van der Waals surface area contributed by atoms with Crippen LogP contribution in [0.2, 0.25) is 0 Å². The molecule has 1 amide bonds. The van der Waals surface area contributed by atoms with Crippen LogP contribution in [0.4, 0.5) is 5.82 Å². The number of hydrogen-bond acceptors (Lipinski definition) is 4. The second kappa shape index (κ2) is 4.61. The molecule has 0 aliphatic heterocycles. The van der Waals surface area contributed by atoms with E-state index in [1.54, 1.807) is 29.7 Å².